The number of pyridine rings is 1. The summed E-state index contributed by atoms with van der Waals surface area (Å²) in [5.74, 6) is 0.528. The van der Waals surface area contributed by atoms with Crippen LogP contribution in [0.15, 0.2) is 110 Å². The Morgan fingerprint density at radius 2 is 1.44 bits per heavy atom. The van der Waals surface area contributed by atoms with Crippen LogP contribution >= 0.6 is 0 Å². The average molecular weight is 542 g/mol. The molecule has 1 heterocycles. The summed E-state index contributed by atoms with van der Waals surface area (Å²) in [7, 11) is 4.15. The minimum atomic E-state index is 0.528. The van der Waals surface area contributed by atoms with E-state index >= 15 is 0 Å². The van der Waals surface area contributed by atoms with Gasteiger partial charge in [0, 0.05) is 55.7 Å². The Balaban J connectivity index is 1.43. The predicted octanol–water partition coefficient (Wildman–Crippen LogP) is 10.0. The van der Waals surface area contributed by atoms with Crippen LogP contribution in [-0.4, -0.2) is 19.1 Å². The van der Waals surface area contributed by atoms with Gasteiger partial charge in [-0.25, -0.2) is 0 Å². The van der Waals surface area contributed by atoms with Crippen molar-refractivity contribution in [3.63, 3.8) is 0 Å². The SMILES string of the molecule is C=C(CC)c1cncc(-c2cccc(N(Cc3ccc(-c4ccc(N(C)C)cc4)cc3)C(=C)C3CCCCC3)c2)c1. The third-order valence-electron chi connectivity index (χ3n) is 8.50. The number of benzene rings is 3. The summed E-state index contributed by atoms with van der Waals surface area (Å²) in [6.45, 7) is 11.8. The van der Waals surface area contributed by atoms with Crippen LogP contribution in [0.25, 0.3) is 27.8 Å². The fourth-order valence-corrected chi connectivity index (χ4v) is 5.80. The van der Waals surface area contributed by atoms with Crippen LogP contribution in [0.3, 0.4) is 0 Å². The van der Waals surface area contributed by atoms with E-state index < -0.39 is 0 Å². The molecule has 0 N–H and O–H groups in total. The summed E-state index contributed by atoms with van der Waals surface area (Å²) in [6, 6.07) is 28.8. The first kappa shape index (κ1) is 28.4. The highest BCUT2D eigenvalue weighted by molar-refractivity contribution is 5.73. The Bertz CT molecular complexity index is 1470. The van der Waals surface area contributed by atoms with Gasteiger partial charge in [-0.1, -0.05) is 87.9 Å². The van der Waals surface area contributed by atoms with Crippen LogP contribution in [0.5, 0.6) is 0 Å². The second kappa shape index (κ2) is 13.0. The van der Waals surface area contributed by atoms with Gasteiger partial charge in [0.15, 0.2) is 0 Å². The Hall–Kier alpha value is -4.11. The van der Waals surface area contributed by atoms with Gasteiger partial charge in [-0.2, -0.15) is 0 Å². The predicted molar refractivity (Wildman–Crippen MR) is 177 cm³/mol. The number of hydrogen-bond acceptors (Lipinski definition) is 3. The minimum absolute atomic E-state index is 0.528. The van der Waals surface area contributed by atoms with E-state index in [1.807, 2.05) is 12.4 Å². The molecular formula is C38H43N3. The first-order valence-corrected chi connectivity index (χ1v) is 15.0. The summed E-state index contributed by atoms with van der Waals surface area (Å²) < 4.78 is 0. The smallest absolute Gasteiger partial charge is 0.0478 e. The van der Waals surface area contributed by atoms with E-state index in [1.54, 1.807) is 0 Å². The summed E-state index contributed by atoms with van der Waals surface area (Å²) in [5.41, 5.74) is 11.9. The number of rotatable bonds is 10. The molecule has 0 aliphatic heterocycles. The molecule has 1 fully saturated rings. The number of nitrogens with zero attached hydrogens (tertiary/aromatic N) is 3. The van der Waals surface area contributed by atoms with Crippen molar-refractivity contribution in [1.29, 1.82) is 0 Å². The highest BCUT2D eigenvalue weighted by Crippen LogP contribution is 2.36. The Morgan fingerprint density at radius 3 is 2.10 bits per heavy atom. The summed E-state index contributed by atoms with van der Waals surface area (Å²) in [5, 5.41) is 0. The van der Waals surface area contributed by atoms with Crippen molar-refractivity contribution < 1.29 is 0 Å². The quantitative estimate of drug-likeness (QED) is 0.199. The minimum Gasteiger partial charge on any atom is -0.378 e. The molecule has 1 aromatic heterocycles. The second-order valence-electron chi connectivity index (χ2n) is 11.5. The summed E-state index contributed by atoms with van der Waals surface area (Å²) in [6.07, 6.45) is 11.1. The van der Waals surface area contributed by atoms with Gasteiger partial charge in [-0.3, -0.25) is 4.98 Å². The van der Waals surface area contributed by atoms with Crippen LogP contribution in [0, 0.1) is 5.92 Å². The van der Waals surface area contributed by atoms with Crippen LogP contribution in [0.2, 0.25) is 0 Å². The third kappa shape index (κ3) is 6.79. The fraction of sp³-hybridized carbons (Fsp3) is 0.289. The molecular weight excluding hydrogens is 498 g/mol. The van der Waals surface area contributed by atoms with Gasteiger partial charge in [-0.05, 0) is 88.9 Å². The van der Waals surface area contributed by atoms with Crippen molar-refractivity contribution in [1.82, 2.24) is 4.98 Å². The maximum Gasteiger partial charge on any atom is 0.0478 e. The van der Waals surface area contributed by atoms with Gasteiger partial charge in [-0.15, -0.1) is 0 Å². The zero-order valence-electron chi connectivity index (χ0n) is 24.9. The van der Waals surface area contributed by atoms with Gasteiger partial charge >= 0.3 is 0 Å². The van der Waals surface area contributed by atoms with E-state index in [0.717, 1.165) is 29.7 Å². The molecule has 4 aromatic rings. The van der Waals surface area contributed by atoms with E-state index in [9.17, 15) is 0 Å². The molecule has 41 heavy (non-hydrogen) atoms. The van der Waals surface area contributed by atoms with Crippen LogP contribution < -0.4 is 9.80 Å². The molecule has 1 saturated carbocycles. The lowest BCUT2D eigenvalue weighted by Crippen LogP contribution is -2.27. The van der Waals surface area contributed by atoms with Crippen molar-refractivity contribution in [2.75, 3.05) is 23.9 Å². The van der Waals surface area contributed by atoms with Crippen LogP contribution in [-0.2, 0) is 6.54 Å². The van der Waals surface area contributed by atoms with E-state index in [2.05, 4.69) is 128 Å². The first-order valence-electron chi connectivity index (χ1n) is 15.0. The summed E-state index contributed by atoms with van der Waals surface area (Å²) in [4.78, 5) is 9.11. The first-order chi connectivity index (χ1) is 19.9. The molecule has 0 saturated heterocycles. The Labute approximate surface area is 246 Å². The van der Waals surface area contributed by atoms with E-state index in [1.165, 1.54) is 71.4 Å². The Kier molecular flexibility index (Phi) is 9.04. The van der Waals surface area contributed by atoms with Crippen molar-refractivity contribution >= 4 is 16.9 Å². The number of allylic oxidation sites excluding steroid dienone is 2. The summed E-state index contributed by atoms with van der Waals surface area (Å²) >= 11 is 0. The van der Waals surface area contributed by atoms with Crippen molar-refractivity contribution in [2.45, 2.75) is 52.0 Å². The molecule has 0 atom stereocenters. The standard InChI is InChI=1S/C38H43N3/c1-6-28(2)35-23-36(26-39-25-35)34-13-10-14-38(24-34)41(29(3)31-11-8-7-9-12-31)27-30-15-17-32(18-16-30)33-19-21-37(22-20-33)40(4)5/h10,13-26,31H,2-3,6-9,11-12,27H2,1,4-5H3. The topological polar surface area (TPSA) is 19.4 Å². The number of aromatic nitrogens is 1. The zero-order valence-corrected chi connectivity index (χ0v) is 24.9. The largest absolute Gasteiger partial charge is 0.378 e. The molecule has 5 rings (SSSR count). The molecule has 210 valence electrons. The van der Waals surface area contributed by atoms with E-state index in [4.69, 9.17) is 0 Å². The monoisotopic (exact) mass is 541 g/mol. The third-order valence-corrected chi connectivity index (χ3v) is 8.50. The molecule has 3 nitrogen and oxygen atoms in total. The lowest BCUT2D eigenvalue weighted by Gasteiger charge is -2.34. The van der Waals surface area contributed by atoms with Crippen LogP contribution in [0.4, 0.5) is 11.4 Å². The zero-order chi connectivity index (χ0) is 28.8. The maximum atomic E-state index is 4.69. The normalized spacial score (nSPS) is 13.5. The highest BCUT2D eigenvalue weighted by Gasteiger charge is 2.22. The van der Waals surface area contributed by atoms with Gasteiger partial charge in [0.2, 0.25) is 0 Å². The van der Waals surface area contributed by atoms with Gasteiger partial charge in [0.05, 0.1) is 0 Å². The number of hydrogen-bond donors (Lipinski definition) is 0. The molecule has 0 radical (unpaired) electrons. The molecule has 0 bridgehead atoms. The van der Waals surface area contributed by atoms with Gasteiger partial charge in [0.25, 0.3) is 0 Å². The molecule has 0 unspecified atom stereocenters. The molecule has 3 aromatic carbocycles. The fourth-order valence-electron chi connectivity index (χ4n) is 5.80. The molecule has 0 spiro atoms. The van der Waals surface area contributed by atoms with Crippen LogP contribution in [0.1, 0.15) is 56.6 Å². The molecule has 0 amide bonds. The van der Waals surface area contributed by atoms with Crippen molar-refractivity contribution in [2.24, 2.45) is 5.92 Å². The van der Waals surface area contributed by atoms with E-state index in [-0.39, 0.29) is 0 Å². The van der Waals surface area contributed by atoms with Crippen molar-refractivity contribution in [3.8, 4) is 22.3 Å². The van der Waals surface area contributed by atoms with Gasteiger partial charge < -0.3 is 9.80 Å². The number of anilines is 2. The molecule has 1 aliphatic rings. The lowest BCUT2D eigenvalue weighted by atomic mass is 9.86. The second-order valence-corrected chi connectivity index (χ2v) is 11.5. The lowest BCUT2D eigenvalue weighted by molar-refractivity contribution is 0.396. The highest BCUT2D eigenvalue weighted by atomic mass is 15.1. The Morgan fingerprint density at radius 1 is 0.756 bits per heavy atom. The molecule has 3 heteroatoms. The van der Waals surface area contributed by atoms with Crippen molar-refractivity contribution in [3.05, 3.63) is 121 Å². The van der Waals surface area contributed by atoms with E-state index in [0.29, 0.717) is 5.92 Å². The molecule has 1 aliphatic carbocycles. The maximum absolute atomic E-state index is 4.69. The van der Waals surface area contributed by atoms with Gasteiger partial charge in [0.1, 0.15) is 0 Å². The average Bonchev–Trinajstić information content (AvgIpc) is 3.04.